The minimum Gasteiger partial charge on any atom is -0.462 e. The van der Waals surface area contributed by atoms with Crippen molar-refractivity contribution in [3.63, 3.8) is 0 Å². The zero-order valence-corrected chi connectivity index (χ0v) is 54.5. The number of ether oxygens (including phenoxy) is 2. The van der Waals surface area contributed by atoms with Crippen LogP contribution in [0.2, 0.25) is 0 Å². The van der Waals surface area contributed by atoms with Crippen LogP contribution in [-0.4, -0.2) is 49.3 Å². The highest BCUT2D eigenvalue weighted by Gasteiger charge is 2.26. The topological polar surface area (TPSA) is 134 Å². The Morgan fingerprint density at radius 2 is 0.663 bits per heavy atom. The third-order valence-corrected chi connectivity index (χ3v) is 15.6. The van der Waals surface area contributed by atoms with Crippen LogP contribution in [0.1, 0.15) is 309 Å². The molecule has 0 aliphatic heterocycles. The largest absolute Gasteiger partial charge is 0.472 e. The highest BCUT2D eigenvalue weighted by Crippen LogP contribution is 2.43. The Balaban J connectivity index is 3.91. The molecule has 3 N–H and O–H groups in total. The summed E-state index contributed by atoms with van der Waals surface area (Å²) in [6.45, 7) is 3.65. The van der Waals surface area contributed by atoms with Crippen molar-refractivity contribution in [3.05, 3.63) is 109 Å². The van der Waals surface area contributed by atoms with Crippen LogP contribution < -0.4 is 5.73 Å². The van der Waals surface area contributed by atoms with E-state index < -0.39 is 26.5 Å². The fourth-order valence-corrected chi connectivity index (χ4v) is 10.4. The number of rotatable bonds is 64. The molecule has 0 aliphatic rings. The lowest BCUT2D eigenvalue weighted by Crippen LogP contribution is -2.29. The van der Waals surface area contributed by atoms with Gasteiger partial charge in [-0.1, -0.05) is 303 Å². The van der Waals surface area contributed by atoms with Gasteiger partial charge in [-0.3, -0.25) is 18.6 Å². The quantitative estimate of drug-likeness (QED) is 0.0264. The van der Waals surface area contributed by atoms with Crippen LogP contribution in [-0.2, 0) is 32.7 Å². The van der Waals surface area contributed by atoms with Gasteiger partial charge in [-0.25, -0.2) is 4.57 Å². The van der Waals surface area contributed by atoms with Crippen LogP contribution in [0.4, 0.5) is 0 Å². The van der Waals surface area contributed by atoms with Gasteiger partial charge >= 0.3 is 19.8 Å². The molecular formula is C73H128NO8P. The van der Waals surface area contributed by atoms with E-state index in [1.807, 2.05) is 0 Å². The Labute approximate surface area is 511 Å². The number of carbonyl (C=O) groups is 2. The maximum Gasteiger partial charge on any atom is 0.472 e. The average Bonchev–Trinajstić information content (AvgIpc) is 3.48. The van der Waals surface area contributed by atoms with Gasteiger partial charge in [-0.05, 0) is 103 Å². The molecule has 0 aromatic rings. The van der Waals surface area contributed by atoms with E-state index in [1.165, 1.54) is 186 Å². The van der Waals surface area contributed by atoms with Gasteiger partial charge in [0.15, 0.2) is 6.10 Å². The van der Waals surface area contributed by atoms with Gasteiger partial charge < -0.3 is 20.1 Å². The first-order valence-corrected chi connectivity index (χ1v) is 35.9. The van der Waals surface area contributed by atoms with Gasteiger partial charge in [0.1, 0.15) is 6.61 Å². The van der Waals surface area contributed by atoms with Crippen LogP contribution in [0.15, 0.2) is 109 Å². The van der Waals surface area contributed by atoms with E-state index in [0.29, 0.717) is 6.42 Å². The number of phosphoric ester groups is 1. The second kappa shape index (κ2) is 67.8. The molecule has 0 bridgehead atoms. The maximum atomic E-state index is 12.8. The second-order valence-corrected chi connectivity index (χ2v) is 24.1. The summed E-state index contributed by atoms with van der Waals surface area (Å²) in [5.41, 5.74) is 5.40. The molecule has 2 atom stereocenters. The zero-order chi connectivity index (χ0) is 60.1. The van der Waals surface area contributed by atoms with Crippen molar-refractivity contribution in [2.24, 2.45) is 5.73 Å². The fourth-order valence-electron chi connectivity index (χ4n) is 9.59. The van der Waals surface area contributed by atoms with Crippen LogP contribution in [0.25, 0.3) is 0 Å². The predicted octanol–water partition coefficient (Wildman–Crippen LogP) is 22.5. The minimum absolute atomic E-state index is 0.0502. The molecule has 0 fully saturated rings. The van der Waals surface area contributed by atoms with E-state index in [4.69, 9.17) is 24.3 Å². The Hall–Kier alpha value is -3.33. The van der Waals surface area contributed by atoms with Gasteiger partial charge in [-0.15, -0.1) is 0 Å². The number of hydrogen-bond acceptors (Lipinski definition) is 8. The van der Waals surface area contributed by atoms with Crippen molar-refractivity contribution >= 4 is 19.8 Å². The number of hydrogen-bond donors (Lipinski definition) is 2. The van der Waals surface area contributed by atoms with E-state index in [-0.39, 0.29) is 38.6 Å². The van der Waals surface area contributed by atoms with E-state index in [9.17, 15) is 19.0 Å². The van der Waals surface area contributed by atoms with Crippen LogP contribution in [0.5, 0.6) is 0 Å². The standard InChI is InChI=1S/C73H128NO8P/c1-3-5-7-9-11-13-15-17-19-21-23-25-27-29-31-32-33-34-35-36-37-38-40-42-44-46-48-50-52-54-56-58-60-62-64-66-73(76)82-71(70-81-83(77,78)80-68-67-74)69-79-72(75)65-63-61-59-57-55-53-51-49-47-45-43-41-39-30-28-26-24-22-20-18-16-14-12-10-8-6-4-2/h5,7,11,13,16-19,22-25,29,31,33-34,36-37,71H,3-4,6,8-10,12,14-15,20-21,26-28,30,32,35,38-70,74H2,1-2H3,(H,77,78)/b7-5-,13-11-,18-16-,19-17-,24-22-,25-23-,31-29-,34-33-,37-36-. The minimum atomic E-state index is -4.40. The number of unbranched alkanes of at least 4 members (excludes halogenated alkanes) is 33. The van der Waals surface area contributed by atoms with Crippen molar-refractivity contribution in [2.45, 2.75) is 315 Å². The summed E-state index contributed by atoms with van der Waals surface area (Å²) >= 11 is 0. The van der Waals surface area contributed by atoms with E-state index in [1.54, 1.807) is 0 Å². The summed E-state index contributed by atoms with van der Waals surface area (Å²) in [4.78, 5) is 35.4. The lowest BCUT2D eigenvalue weighted by molar-refractivity contribution is -0.161. The molecule has 0 saturated carbocycles. The molecule has 2 unspecified atom stereocenters. The summed E-state index contributed by atoms with van der Waals surface area (Å²) in [6.07, 6.45) is 93.1. The van der Waals surface area contributed by atoms with Crippen molar-refractivity contribution in [2.75, 3.05) is 26.4 Å². The fraction of sp³-hybridized carbons (Fsp3) is 0.726. The first-order chi connectivity index (χ1) is 40.8. The number of carbonyl (C=O) groups excluding carboxylic acids is 2. The van der Waals surface area contributed by atoms with E-state index in [0.717, 1.165) is 89.9 Å². The molecule has 0 aliphatic carbocycles. The normalized spacial score (nSPS) is 13.6. The molecule has 0 radical (unpaired) electrons. The molecule has 0 amide bonds. The lowest BCUT2D eigenvalue weighted by atomic mass is 10.0. The smallest absolute Gasteiger partial charge is 0.462 e. The number of allylic oxidation sites excluding steroid dienone is 18. The van der Waals surface area contributed by atoms with Gasteiger partial charge in [0.05, 0.1) is 13.2 Å². The van der Waals surface area contributed by atoms with Gasteiger partial charge in [-0.2, -0.15) is 0 Å². The molecule has 10 heteroatoms. The molecule has 0 aromatic carbocycles. The third-order valence-electron chi connectivity index (χ3n) is 14.6. The SMILES string of the molecule is CC/C=C\C/C=C\C/C=C\C/C=C\C/C=C\C/C=C\C/C=C\CCCCCCCCCCCCCCCC(=O)OC(COC(=O)CCCCCCCCCCCCCCCCC/C=C\C/C=C\CCCCCCC)COP(=O)(O)OCCN. The average molecular weight is 1180 g/mol. The van der Waals surface area contributed by atoms with Crippen LogP contribution in [0.3, 0.4) is 0 Å². The molecule has 9 nitrogen and oxygen atoms in total. The molecule has 0 aromatic heterocycles. The molecule has 0 rings (SSSR count). The Morgan fingerprint density at radius 1 is 0.373 bits per heavy atom. The molecule has 0 heterocycles. The van der Waals surface area contributed by atoms with Crippen molar-refractivity contribution < 1.29 is 37.6 Å². The van der Waals surface area contributed by atoms with Crippen molar-refractivity contribution in [3.8, 4) is 0 Å². The summed E-state index contributed by atoms with van der Waals surface area (Å²) in [7, 11) is -4.40. The first-order valence-electron chi connectivity index (χ1n) is 34.4. The second-order valence-electron chi connectivity index (χ2n) is 22.7. The monoisotopic (exact) mass is 1180 g/mol. The first kappa shape index (κ1) is 79.7. The number of phosphoric acid groups is 1. The van der Waals surface area contributed by atoms with Gasteiger partial charge in [0.2, 0.25) is 0 Å². The predicted molar refractivity (Wildman–Crippen MR) is 358 cm³/mol. The number of esters is 2. The molecule has 478 valence electrons. The van der Waals surface area contributed by atoms with Crippen molar-refractivity contribution in [1.82, 2.24) is 0 Å². The van der Waals surface area contributed by atoms with E-state index in [2.05, 4.69) is 123 Å². The Bertz CT molecular complexity index is 1730. The molecule has 0 saturated heterocycles. The molecular weight excluding hydrogens is 1050 g/mol. The Morgan fingerprint density at radius 3 is 0.988 bits per heavy atom. The summed E-state index contributed by atoms with van der Waals surface area (Å²) in [5.74, 6) is -0.823. The highest BCUT2D eigenvalue weighted by molar-refractivity contribution is 7.47. The molecule has 83 heavy (non-hydrogen) atoms. The Kier molecular flexibility index (Phi) is 65.1. The van der Waals surface area contributed by atoms with Crippen LogP contribution >= 0.6 is 7.82 Å². The van der Waals surface area contributed by atoms with Crippen LogP contribution in [0, 0.1) is 0 Å². The van der Waals surface area contributed by atoms with E-state index >= 15 is 0 Å². The lowest BCUT2D eigenvalue weighted by Gasteiger charge is -2.19. The molecule has 0 spiro atoms. The highest BCUT2D eigenvalue weighted by atomic mass is 31.2. The summed E-state index contributed by atoms with van der Waals surface area (Å²) in [6, 6.07) is 0. The third kappa shape index (κ3) is 67.7. The summed E-state index contributed by atoms with van der Waals surface area (Å²) < 4.78 is 33.2. The number of nitrogens with two attached hydrogens (primary N) is 1. The van der Waals surface area contributed by atoms with Gasteiger partial charge in [0.25, 0.3) is 0 Å². The summed E-state index contributed by atoms with van der Waals surface area (Å²) in [5, 5.41) is 0. The maximum absolute atomic E-state index is 12.8. The van der Waals surface area contributed by atoms with Gasteiger partial charge in [0, 0.05) is 19.4 Å². The van der Waals surface area contributed by atoms with Crippen molar-refractivity contribution in [1.29, 1.82) is 0 Å². The zero-order valence-electron chi connectivity index (χ0n) is 53.7.